The first-order chi connectivity index (χ1) is 6.06. The number of hydrogen-bond donors (Lipinski definition) is 2. The number of hydrazine groups is 1. The third-order valence-corrected chi connectivity index (χ3v) is 1.45. The summed E-state index contributed by atoms with van der Waals surface area (Å²) in [5, 5.41) is 0. The van der Waals surface area contributed by atoms with E-state index in [1.807, 2.05) is 5.43 Å². The molecule has 0 aliphatic carbocycles. The van der Waals surface area contributed by atoms with Gasteiger partial charge >= 0.3 is 0 Å². The van der Waals surface area contributed by atoms with Crippen LogP contribution in [0.3, 0.4) is 0 Å². The third kappa shape index (κ3) is 7.61. The van der Waals surface area contributed by atoms with Gasteiger partial charge in [0.1, 0.15) is 6.61 Å². The predicted molar refractivity (Wildman–Crippen MR) is 43.0 cm³/mol. The van der Waals surface area contributed by atoms with E-state index in [0.717, 1.165) is 0 Å². The van der Waals surface area contributed by atoms with Crippen molar-refractivity contribution in [3.63, 3.8) is 0 Å². The van der Waals surface area contributed by atoms with Crippen molar-refractivity contribution in [3.8, 4) is 0 Å². The maximum absolute atomic E-state index is 11.6. The van der Waals surface area contributed by atoms with Gasteiger partial charge in [-0.05, 0) is 13.3 Å². The van der Waals surface area contributed by atoms with E-state index in [1.54, 1.807) is 6.92 Å². The highest BCUT2D eigenvalue weighted by Crippen LogP contribution is 2.03. The molecule has 0 bridgehead atoms. The summed E-state index contributed by atoms with van der Waals surface area (Å²) in [7, 11) is 0. The van der Waals surface area contributed by atoms with E-state index in [1.165, 1.54) is 0 Å². The molecule has 0 heterocycles. The highest BCUT2D eigenvalue weighted by Gasteiger charge is 2.09. The van der Waals surface area contributed by atoms with E-state index in [4.69, 9.17) is 10.6 Å². The van der Waals surface area contributed by atoms with E-state index >= 15 is 0 Å². The molecule has 1 amide bonds. The molecule has 1 atom stereocenters. The van der Waals surface area contributed by atoms with Crippen molar-refractivity contribution in [2.24, 2.45) is 5.84 Å². The van der Waals surface area contributed by atoms with Gasteiger partial charge < -0.3 is 4.74 Å². The molecule has 0 aliphatic heterocycles. The van der Waals surface area contributed by atoms with Crippen LogP contribution in [-0.2, 0) is 9.53 Å². The molecule has 0 radical (unpaired) electrons. The number of ether oxygens (including phenoxy) is 1. The Bertz CT molecular complexity index is 155. The summed E-state index contributed by atoms with van der Waals surface area (Å²) in [6, 6.07) is 0. The molecule has 0 spiro atoms. The SMILES string of the molecule is CC(CCC(=O)NN)OCC(F)F. The maximum Gasteiger partial charge on any atom is 0.261 e. The Labute approximate surface area is 75.4 Å². The topological polar surface area (TPSA) is 64.4 Å². The summed E-state index contributed by atoms with van der Waals surface area (Å²) in [5.41, 5.74) is 1.94. The summed E-state index contributed by atoms with van der Waals surface area (Å²) in [6.07, 6.45) is -2.26. The van der Waals surface area contributed by atoms with Crippen LogP contribution in [0.2, 0.25) is 0 Å². The molecular weight excluding hydrogens is 182 g/mol. The number of alkyl halides is 2. The van der Waals surface area contributed by atoms with Gasteiger partial charge in [-0.2, -0.15) is 0 Å². The number of hydrogen-bond acceptors (Lipinski definition) is 3. The van der Waals surface area contributed by atoms with Crippen molar-refractivity contribution in [3.05, 3.63) is 0 Å². The minimum atomic E-state index is -2.47. The number of rotatable bonds is 6. The van der Waals surface area contributed by atoms with Gasteiger partial charge in [0.25, 0.3) is 6.43 Å². The van der Waals surface area contributed by atoms with E-state index < -0.39 is 13.0 Å². The van der Waals surface area contributed by atoms with E-state index in [2.05, 4.69) is 0 Å². The van der Waals surface area contributed by atoms with E-state index in [0.29, 0.717) is 6.42 Å². The fourth-order valence-electron chi connectivity index (χ4n) is 0.727. The molecule has 0 saturated carbocycles. The Hall–Kier alpha value is -0.750. The highest BCUT2D eigenvalue weighted by molar-refractivity contribution is 5.75. The third-order valence-electron chi connectivity index (χ3n) is 1.45. The minimum Gasteiger partial charge on any atom is -0.373 e. The van der Waals surface area contributed by atoms with Crippen molar-refractivity contribution < 1.29 is 18.3 Å². The highest BCUT2D eigenvalue weighted by atomic mass is 19.3. The second kappa shape index (κ2) is 6.73. The summed E-state index contributed by atoms with van der Waals surface area (Å²) in [5.74, 6) is 4.49. The lowest BCUT2D eigenvalue weighted by atomic mass is 10.2. The zero-order chi connectivity index (χ0) is 10.3. The average molecular weight is 196 g/mol. The first kappa shape index (κ1) is 12.2. The van der Waals surface area contributed by atoms with E-state index in [-0.39, 0.29) is 18.4 Å². The van der Waals surface area contributed by atoms with Crippen LogP contribution >= 0.6 is 0 Å². The summed E-state index contributed by atoms with van der Waals surface area (Å²) in [6.45, 7) is 1.04. The molecule has 0 aromatic carbocycles. The van der Waals surface area contributed by atoms with Crippen LogP contribution in [0.1, 0.15) is 19.8 Å². The Morgan fingerprint density at radius 3 is 2.69 bits per heavy atom. The van der Waals surface area contributed by atoms with Crippen LogP contribution in [-0.4, -0.2) is 25.0 Å². The molecule has 78 valence electrons. The summed E-state index contributed by atoms with van der Waals surface area (Å²) >= 11 is 0. The van der Waals surface area contributed by atoms with Crippen LogP contribution in [0.5, 0.6) is 0 Å². The fourth-order valence-corrected chi connectivity index (χ4v) is 0.727. The van der Waals surface area contributed by atoms with Crippen molar-refractivity contribution >= 4 is 5.91 Å². The van der Waals surface area contributed by atoms with Gasteiger partial charge in [0.2, 0.25) is 5.91 Å². The largest absolute Gasteiger partial charge is 0.373 e. The second-order valence-corrected chi connectivity index (χ2v) is 2.64. The monoisotopic (exact) mass is 196 g/mol. The Morgan fingerprint density at radius 2 is 2.23 bits per heavy atom. The van der Waals surface area contributed by atoms with Crippen LogP contribution in [0.25, 0.3) is 0 Å². The molecule has 4 nitrogen and oxygen atoms in total. The Kier molecular flexibility index (Phi) is 6.34. The second-order valence-electron chi connectivity index (χ2n) is 2.64. The van der Waals surface area contributed by atoms with Crippen molar-refractivity contribution in [1.82, 2.24) is 5.43 Å². The summed E-state index contributed by atoms with van der Waals surface area (Å²) in [4.78, 5) is 10.6. The van der Waals surface area contributed by atoms with Crippen LogP contribution in [0.15, 0.2) is 0 Å². The van der Waals surface area contributed by atoms with Crippen LogP contribution in [0, 0.1) is 0 Å². The van der Waals surface area contributed by atoms with Gasteiger partial charge in [0.05, 0.1) is 6.10 Å². The van der Waals surface area contributed by atoms with Crippen molar-refractivity contribution in [2.75, 3.05) is 6.61 Å². The molecule has 13 heavy (non-hydrogen) atoms. The molecule has 0 aromatic heterocycles. The lowest BCUT2D eigenvalue weighted by Crippen LogP contribution is -2.30. The standard InChI is InChI=1S/C7H14F2N2O2/c1-5(13-4-6(8)9)2-3-7(12)11-10/h5-6H,2-4,10H2,1H3,(H,11,12). The molecule has 0 fully saturated rings. The van der Waals surface area contributed by atoms with Gasteiger partial charge in [-0.25, -0.2) is 14.6 Å². The molecule has 0 rings (SSSR count). The Morgan fingerprint density at radius 1 is 1.62 bits per heavy atom. The fraction of sp³-hybridized carbons (Fsp3) is 0.857. The Balaban J connectivity index is 3.40. The number of carbonyl (C=O) groups is 1. The maximum atomic E-state index is 11.6. The molecule has 3 N–H and O–H groups in total. The molecule has 1 unspecified atom stereocenters. The lowest BCUT2D eigenvalue weighted by Gasteiger charge is -2.11. The molecule has 0 saturated heterocycles. The van der Waals surface area contributed by atoms with Crippen molar-refractivity contribution in [2.45, 2.75) is 32.3 Å². The number of halogens is 2. The zero-order valence-corrected chi connectivity index (χ0v) is 7.43. The number of amides is 1. The van der Waals surface area contributed by atoms with Gasteiger partial charge in [-0.15, -0.1) is 0 Å². The van der Waals surface area contributed by atoms with Gasteiger partial charge in [0.15, 0.2) is 0 Å². The van der Waals surface area contributed by atoms with Crippen LogP contribution in [0.4, 0.5) is 8.78 Å². The van der Waals surface area contributed by atoms with Crippen molar-refractivity contribution in [1.29, 1.82) is 0 Å². The van der Waals surface area contributed by atoms with Crippen LogP contribution < -0.4 is 11.3 Å². The number of nitrogens with two attached hydrogens (primary N) is 1. The normalized spacial score (nSPS) is 13.0. The minimum absolute atomic E-state index is 0.181. The lowest BCUT2D eigenvalue weighted by molar-refractivity contribution is -0.122. The molecule has 0 aromatic rings. The quantitative estimate of drug-likeness (QED) is 0.368. The summed E-state index contributed by atoms with van der Waals surface area (Å²) < 4.78 is 28.0. The average Bonchev–Trinajstić information content (AvgIpc) is 2.10. The molecular formula is C7H14F2N2O2. The molecule has 6 heteroatoms. The zero-order valence-electron chi connectivity index (χ0n) is 7.43. The molecule has 0 aliphatic rings. The predicted octanol–water partition coefficient (Wildman–Crippen LogP) is 0.427. The number of carbonyl (C=O) groups excluding carboxylic acids is 1. The van der Waals surface area contributed by atoms with Gasteiger partial charge in [-0.1, -0.05) is 0 Å². The van der Waals surface area contributed by atoms with Gasteiger partial charge in [-0.3, -0.25) is 10.2 Å². The first-order valence-electron chi connectivity index (χ1n) is 3.95. The van der Waals surface area contributed by atoms with Gasteiger partial charge in [0, 0.05) is 6.42 Å². The first-order valence-corrected chi connectivity index (χ1v) is 3.95. The number of nitrogens with one attached hydrogen (secondary N) is 1. The smallest absolute Gasteiger partial charge is 0.261 e. The van der Waals surface area contributed by atoms with E-state index in [9.17, 15) is 13.6 Å².